The van der Waals surface area contributed by atoms with E-state index in [9.17, 15) is 9.59 Å². The van der Waals surface area contributed by atoms with Gasteiger partial charge in [-0.2, -0.15) is 0 Å². The van der Waals surface area contributed by atoms with Gasteiger partial charge in [0.25, 0.3) is 0 Å². The number of amides is 2. The summed E-state index contributed by atoms with van der Waals surface area (Å²) in [5.41, 5.74) is 2.43. The first kappa shape index (κ1) is 33.8. The smallest absolute Gasteiger partial charge is 0.246 e. The summed E-state index contributed by atoms with van der Waals surface area (Å²) < 4.78 is 15.3. The zero-order valence-corrected chi connectivity index (χ0v) is 22.7. The van der Waals surface area contributed by atoms with E-state index in [0.29, 0.717) is 32.8 Å². The lowest BCUT2D eigenvalue weighted by atomic mass is 10.0. The summed E-state index contributed by atoms with van der Waals surface area (Å²) in [7, 11) is 1.61. The van der Waals surface area contributed by atoms with E-state index < -0.39 is 0 Å². The predicted octanol–water partition coefficient (Wildman–Crippen LogP) is 5.09. The lowest BCUT2D eigenvalue weighted by molar-refractivity contribution is -0.136. The number of hydrogen-bond donors (Lipinski definition) is 2. The molecule has 8 nitrogen and oxygen atoms in total. The molecule has 0 heterocycles. The molecule has 2 amide bonds. The quantitative estimate of drug-likeness (QED) is 0.114. The van der Waals surface area contributed by atoms with Crippen molar-refractivity contribution in [2.45, 2.75) is 110 Å². The Morgan fingerprint density at radius 3 is 1.71 bits per heavy atom. The molecule has 0 fully saturated rings. The third-order valence-electron chi connectivity index (χ3n) is 5.76. The lowest BCUT2D eigenvalue weighted by Gasteiger charge is -2.08. The number of ether oxygens (including phenoxy) is 3. The van der Waals surface area contributed by atoms with Gasteiger partial charge in [-0.3, -0.25) is 14.4 Å². The molecule has 0 spiro atoms. The van der Waals surface area contributed by atoms with E-state index in [2.05, 4.69) is 17.7 Å². The summed E-state index contributed by atoms with van der Waals surface area (Å²) in [6.07, 6.45) is 20.1. The average Bonchev–Trinajstić information content (AvgIpc) is 2.85. The van der Waals surface area contributed by atoms with Gasteiger partial charge in [-0.1, -0.05) is 96.8 Å². The molecule has 0 radical (unpaired) electrons. The van der Waals surface area contributed by atoms with Crippen LogP contribution >= 0.6 is 0 Å². The lowest BCUT2D eigenvalue weighted by Crippen LogP contribution is -2.31. The fourth-order valence-corrected chi connectivity index (χ4v) is 3.66. The molecule has 8 heteroatoms. The second-order valence-corrected chi connectivity index (χ2v) is 9.08. The number of carbonyl (C=O) groups is 2. The van der Waals surface area contributed by atoms with Crippen LogP contribution in [0.15, 0.2) is 0 Å². The molecule has 0 aromatic heterocycles. The van der Waals surface area contributed by atoms with Gasteiger partial charge in [0.2, 0.25) is 11.8 Å². The van der Waals surface area contributed by atoms with Gasteiger partial charge in [0.1, 0.15) is 6.61 Å². The molecule has 0 saturated carbocycles. The Labute approximate surface area is 214 Å². The third kappa shape index (κ3) is 28.9. The molecule has 0 aromatic carbocycles. The predicted molar refractivity (Wildman–Crippen MR) is 140 cm³/mol. The van der Waals surface area contributed by atoms with Gasteiger partial charge in [0.05, 0.1) is 33.0 Å². The van der Waals surface area contributed by atoms with Crippen LogP contribution in [0.2, 0.25) is 0 Å². The number of carbonyl (C=O) groups excluding carboxylic acids is 2. The standard InChI is InChI=1S/C27H54N2O6/c1-3-4-5-6-7-8-9-10-11-12-13-14-15-16-17-18-26(30)29-35-24-23-34-25-27(31)28-19-20-33-22-21-32-2/h3-25H2,1-2H3,(H,28,31)(H,29,30). The Morgan fingerprint density at radius 2 is 1.14 bits per heavy atom. The van der Waals surface area contributed by atoms with Crippen molar-refractivity contribution < 1.29 is 28.6 Å². The van der Waals surface area contributed by atoms with Crippen LogP contribution in [0.3, 0.4) is 0 Å². The van der Waals surface area contributed by atoms with E-state index in [-0.39, 0.29) is 31.6 Å². The highest BCUT2D eigenvalue weighted by Crippen LogP contribution is 2.13. The van der Waals surface area contributed by atoms with Gasteiger partial charge in [0, 0.05) is 20.1 Å². The molecule has 0 atom stereocenters. The highest BCUT2D eigenvalue weighted by Gasteiger charge is 2.03. The van der Waals surface area contributed by atoms with E-state index >= 15 is 0 Å². The van der Waals surface area contributed by atoms with Crippen LogP contribution in [0.5, 0.6) is 0 Å². The average molecular weight is 503 g/mol. The summed E-state index contributed by atoms with van der Waals surface area (Å²) >= 11 is 0. The maximum absolute atomic E-state index is 11.8. The van der Waals surface area contributed by atoms with Gasteiger partial charge < -0.3 is 19.5 Å². The fraction of sp³-hybridized carbons (Fsp3) is 0.926. The van der Waals surface area contributed by atoms with Crippen LogP contribution in [0, 0.1) is 0 Å². The van der Waals surface area contributed by atoms with Crippen LogP contribution < -0.4 is 10.8 Å². The van der Waals surface area contributed by atoms with Crippen molar-refractivity contribution in [3.63, 3.8) is 0 Å². The molecule has 0 bridgehead atoms. The first-order valence-electron chi connectivity index (χ1n) is 14.0. The number of unbranched alkanes of at least 4 members (excludes halogenated alkanes) is 14. The van der Waals surface area contributed by atoms with E-state index in [1.165, 1.54) is 83.5 Å². The number of nitrogens with one attached hydrogen (secondary N) is 2. The Morgan fingerprint density at radius 1 is 0.600 bits per heavy atom. The van der Waals surface area contributed by atoms with E-state index in [4.69, 9.17) is 19.0 Å². The van der Waals surface area contributed by atoms with Crippen LogP contribution in [-0.4, -0.2) is 65.1 Å². The summed E-state index contributed by atoms with van der Waals surface area (Å²) in [6, 6.07) is 0. The molecule has 208 valence electrons. The van der Waals surface area contributed by atoms with Crippen LogP contribution in [0.1, 0.15) is 110 Å². The second-order valence-electron chi connectivity index (χ2n) is 9.08. The highest BCUT2D eigenvalue weighted by molar-refractivity contribution is 5.77. The van der Waals surface area contributed by atoms with Gasteiger partial charge >= 0.3 is 0 Å². The summed E-state index contributed by atoms with van der Waals surface area (Å²) in [4.78, 5) is 28.4. The second kappa shape index (κ2) is 29.0. The minimum absolute atomic E-state index is 0.0471. The fourth-order valence-electron chi connectivity index (χ4n) is 3.66. The molecule has 0 aliphatic rings. The number of hydrogen-bond acceptors (Lipinski definition) is 6. The molecule has 0 aliphatic carbocycles. The molecule has 35 heavy (non-hydrogen) atoms. The first-order chi connectivity index (χ1) is 17.2. The van der Waals surface area contributed by atoms with E-state index in [0.717, 1.165) is 12.8 Å². The summed E-state index contributed by atoms with van der Waals surface area (Å²) in [6.45, 7) is 4.56. The molecule has 0 aliphatic heterocycles. The van der Waals surface area contributed by atoms with Crippen LogP contribution in [0.25, 0.3) is 0 Å². The highest BCUT2D eigenvalue weighted by atomic mass is 16.7. The Balaban J connectivity index is 3.24. The van der Waals surface area contributed by atoms with Crippen molar-refractivity contribution in [1.29, 1.82) is 0 Å². The third-order valence-corrected chi connectivity index (χ3v) is 5.76. The van der Waals surface area contributed by atoms with Crippen molar-refractivity contribution >= 4 is 11.8 Å². The number of hydroxylamine groups is 1. The Bertz CT molecular complexity index is 465. The minimum atomic E-state index is -0.211. The van der Waals surface area contributed by atoms with Crippen molar-refractivity contribution in [2.24, 2.45) is 0 Å². The largest absolute Gasteiger partial charge is 0.382 e. The van der Waals surface area contributed by atoms with Gasteiger partial charge in [-0.25, -0.2) is 5.48 Å². The van der Waals surface area contributed by atoms with Crippen molar-refractivity contribution in [3.8, 4) is 0 Å². The Hall–Kier alpha value is -1.22. The van der Waals surface area contributed by atoms with Crippen molar-refractivity contribution in [2.75, 3.05) is 53.3 Å². The SMILES string of the molecule is CCCCCCCCCCCCCCCCCC(=O)NOCCOCC(=O)NCCOCCOC. The molecular weight excluding hydrogens is 448 g/mol. The zero-order chi connectivity index (χ0) is 25.7. The van der Waals surface area contributed by atoms with Gasteiger partial charge in [0.15, 0.2) is 0 Å². The van der Waals surface area contributed by atoms with Crippen molar-refractivity contribution in [1.82, 2.24) is 10.8 Å². The van der Waals surface area contributed by atoms with Crippen LogP contribution in [-0.2, 0) is 28.6 Å². The Kier molecular flexibility index (Phi) is 28.0. The number of methoxy groups -OCH3 is 1. The first-order valence-corrected chi connectivity index (χ1v) is 14.0. The normalized spacial score (nSPS) is 11.0. The molecule has 0 aromatic rings. The monoisotopic (exact) mass is 502 g/mol. The summed E-state index contributed by atoms with van der Waals surface area (Å²) in [5, 5.41) is 2.69. The molecule has 2 N–H and O–H groups in total. The van der Waals surface area contributed by atoms with E-state index in [1.54, 1.807) is 7.11 Å². The van der Waals surface area contributed by atoms with Gasteiger partial charge in [-0.05, 0) is 6.42 Å². The molecule has 0 saturated heterocycles. The summed E-state index contributed by atoms with van der Waals surface area (Å²) in [5.74, 6) is -0.316. The molecular formula is C27H54N2O6. The van der Waals surface area contributed by atoms with E-state index in [1.807, 2.05) is 0 Å². The number of rotatable bonds is 28. The maximum atomic E-state index is 11.8. The topological polar surface area (TPSA) is 95.1 Å². The van der Waals surface area contributed by atoms with Gasteiger partial charge in [-0.15, -0.1) is 0 Å². The zero-order valence-electron chi connectivity index (χ0n) is 22.7. The maximum Gasteiger partial charge on any atom is 0.246 e. The molecule has 0 unspecified atom stereocenters. The minimum Gasteiger partial charge on any atom is -0.382 e. The molecule has 0 rings (SSSR count). The van der Waals surface area contributed by atoms with Crippen LogP contribution in [0.4, 0.5) is 0 Å². The van der Waals surface area contributed by atoms with Crippen molar-refractivity contribution in [3.05, 3.63) is 0 Å².